The van der Waals surface area contributed by atoms with Crippen LogP contribution in [0.15, 0.2) is 54.6 Å². The SMILES string of the molecule is Cc1ccc(/C=C/C(=O)OCc2ccc(C(C)(C)C)cc2)cc1. The summed E-state index contributed by atoms with van der Waals surface area (Å²) < 4.78 is 5.27. The first-order valence-electron chi connectivity index (χ1n) is 7.85. The van der Waals surface area contributed by atoms with Crippen LogP contribution in [0.3, 0.4) is 0 Å². The quantitative estimate of drug-likeness (QED) is 0.583. The molecule has 23 heavy (non-hydrogen) atoms. The van der Waals surface area contributed by atoms with Crippen molar-refractivity contribution in [2.24, 2.45) is 0 Å². The van der Waals surface area contributed by atoms with Crippen LogP contribution in [0.25, 0.3) is 6.08 Å². The first-order valence-corrected chi connectivity index (χ1v) is 7.85. The Morgan fingerprint density at radius 3 is 2.17 bits per heavy atom. The summed E-state index contributed by atoms with van der Waals surface area (Å²) in [5.41, 5.74) is 4.58. The highest BCUT2D eigenvalue weighted by Gasteiger charge is 2.12. The van der Waals surface area contributed by atoms with Crippen molar-refractivity contribution in [3.05, 3.63) is 76.9 Å². The minimum atomic E-state index is -0.328. The number of hydrogen-bond acceptors (Lipinski definition) is 2. The molecule has 0 atom stereocenters. The Balaban J connectivity index is 1.88. The normalized spacial score (nSPS) is 11.7. The van der Waals surface area contributed by atoms with Crippen LogP contribution in [0.1, 0.15) is 43.0 Å². The van der Waals surface area contributed by atoms with E-state index in [1.54, 1.807) is 6.08 Å². The highest BCUT2D eigenvalue weighted by atomic mass is 16.5. The van der Waals surface area contributed by atoms with E-state index in [0.29, 0.717) is 6.61 Å². The molecule has 0 bridgehead atoms. The van der Waals surface area contributed by atoms with Gasteiger partial charge in [-0.1, -0.05) is 74.9 Å². The van der Waals surface area contributed by atoms with Crippen molar-refractivity contribution in [2.75, 3.05) is 0 Å². The lowest BCUT2D eigenvalue weighted by Gasteiger charge is -2.19. The number of carbonyl (C=O) groups is 1. The van der Waals surface area contributed by atoms with Gasteiger partial charge in [-0.3, -0.25) is 0 Å². The molecule has 2 aromatic rings. The second-order valence-electron chi connectivity index (χ2n) is 6.80. The molecule has 120 valence electrons. The summed E-state index contributed by atoms with van der Waals surface area (Å²) in [6.07, 6.45) is 3.23. The predicted molar refractivity (Wildman–Crippen MR) is 95.2 cm³/mol. The average Bonchev–Trinajstić information content (AvgIpc) is 2.52. The molecule has 0 fully saturated rings. The van der Waals surface area contributed by atoms with Gasteiger partial charge >= 0.3 is 5.97 Å². The minimum Gasteiger partial charge on any atom is -0.458 e. The number of hydrogen-bond donors (Lipinski definition) is 0. The summed E-state index contributed by atoms with van der Waals surface area (Å²) in [5, 5.41) is 0. The van der Waals surface area contributed by atoms with Crippen molar-refractivity contribution < 1.29 is 9.53 Å². The average molecular weight is 308 g/mol. The molecule has 0 spiro atoms. The maximum atomic E-state index is 11.8. The van der Waals surface area contributed by atoms with Gasteiger partial charge in [0.1, 0.15) is 6.61 Å². The number of benzene rings is 2. The molecular weight excluding hydrogens is 284 g/mol. The fourth-order valence-corrected chi connectivity index (χ4v) is 2.15. The first kappa shape index (κ1) is 17.0. The third kappa shape index (κ3) is 5.41. The maximum absolute atomic E-state index is 11.8. The number of ether oxygens (including phenoxy) is 1. The topological polar surface area (TPSA) is 26.3 Å². The molecule has 2 rings (SSSR count). The van der Waals surface area contributed by atoms with Gasteiger partial charge < -0.3 is 4.74 Å². The fourth-order valence-electron chi connectivity index (χ4n) is 2.15. The molecule has 0 saturated carbocycles. The zero-order chi connectivity index (χ0) is 16.9. The molecule has 0 unspecified atom stereocenters. The van der Waals surface area contributed by atoms with Crippen LogP contribution in [0.5, 0.6) is 0 Å². The van der Waals surface area contributed by atoms with Crippen molar-refractivity contribution in [2.45, 2.75) is 39.7 Å². The number of aryl methyl sites for hydroxylation is 1. The van der Waals surface area contributed by atoms with Crippen LogP contribution < -0.4 is 0 Å². The van der Waals surface area contributed by atoms with E-state index >= 15 is 0 Å². The van der Waals surface area contributed by atoms with Crippen molar-refractivity contribution in [3.8, 4) is 0 Å². The molecule has 0 heterocycles. The molecule has 0 aliphatic rings. The number of carbonyl (C=O) groups excluding carboxylic acids is 1. The largest absolute Gasteiger partial charge is 0.458 e. The summed E-state index contributed by atoms with van der Waals surface area (Å²) in [5.74, 6) is -0.328. The zero-order valence-corrected chi connectivity index (χ0v) is 14.3. The zero-order valence-electron chi connectivity index (χ0n) is 14.3. The van der Waals surface area contributed by atoms with Crippen LogP contribution in [0.2, 0.25) is 0 Å². The fraction of sp³-hybridized carbons (Fsp3) is 0.286. The van der Waals surface area contributed by atoms with E-state index in [1.807, 2.05) is 43.3 Å². The van der Waals surface area contributed by atoms with Crippen molar-refractivity contribution in [1.82, 2.24) is 0 Å². The van der Waals surface area contributed by atoms with Gasteiger partial charge in [0.2, 0.25) is 0 Å². The summed E-state index contributed by atoms with van der Waals surface area (Å²) in [6, 6.07) is 16.2. The van der Waals surface area contributed by atoms with Crippen LogP contribution in [-0.4, -0.2) is 5.97 Å². The molecule has 0 radical (unpaired) electrons. The lowest BCUT2D eigenvalue weighted by atomic mass is 9.87. The van der Waals surface area contributed by atoms with E-state index in [0.717, 1.165) is 11.1 Å². The summed E-state index contributed by atoms with van der Waals surface area (Å²) in [6.45, 7) is 8.86. The molecule has 0 saturated heterocycles. The Morgan fingerprint density at radius 1 is 1.00 bits per heavy atom. The number of rotatable bonds is 4. The van der Waals surface area contributed by atoms with E-state index in [1.165, 1.54) is 17.2 Å². The van der Waals surface area contributed by atoms with E-state index in [9.17, 15) is 4.79 Å². The van der Waals surface area contributed by atoms with Crippen LogP contribution >= 0.6 is 0 Å². The Hall–Kier alpha value is -2.35. The van der Waals surface area contributed by atoms with Gasteiger partial charge in [-0.05, 0) is 35.1 Å². The Labute approximate surface area is 138 Å². The summed E-state index contributed by atoms with van der Waals surface area (Å²) >= 11 is 0. The monoisotopic (exact) mass is 308 g/mol. The third-order valence-corrected chi connectivity index (χ3v) is 3.69. The predicted octanol–water partition coefficient (Wildman–Crippen LogP) is 5.05. The highest BCUT2D eigenvalue weighted by Crippen LogP contribution is 2.22. The number of esters is 1. The summed E-state index contributed by atoms with van der Waals surface area (Å²) in [4.78, 5) is 11.8. The van der Waals surface area contributed by atoms with Crippen molar-refractivity contribution in [3.63, 3.8) is 0 Å². The standard InChI is InChI=1S/C21H24O2/c1-16-5-7-17(8-6-16)11-14-20(22)23-15-18-9-12-19(13-10-18)21(2,3)4/h5-14H,15H2,1-4H3/b14-11+. The van der Waals surface area contributed by atoms with Gasteiger partial charge in [-0.25, -0.2) is 4.79 Å². The molecule has 0 N–H and O–H groups in total. The third-order valence-electron chi connectivity index (χ3n) is 3.69. The van der Waals surface area contributed by atoms with Gasteiger partial charge in [-0.2, -0.15) is 0 Å². The van der Waals surface area contributed by atoms with Crippen LogP contribution in [0.4, 0.5) is 0 Å². The highest BCUT2D eigenvalue weighted by molar-refractivity contribution is 5.87. The molecule has 0 aromatic heterocycles. The van der Waals surface area contributed by atoms with Gasteiger partial charge in [-0.15, -0.1) is 0 Å². The smallest absolute Gasteiger partial charge is 0.331 e. The van der Waals surface area contributed by atoms with Crippen LogP contribution in [0, 0.1) is 6.92 Å². The lowest BCUT2D eigenvalue weighted by Crippen LogP contribution is -2.10. The first-order chi connectivity index (χ1) is 10.8. The lowest BCUT2D eigenvalue weighted by molar-refractivity contribution is -0.138. The van der Waals surface area contributed by atoms with Crippen LogP contribution in [-0.2, 0) is 21.6 Å². The minimum absolute atomic E-state index is 0.131. The van der Waals surface area contributed by atoms with E-state index in [-0.39, 0.29) is 11.4 Å². The maximum Gasteiger partial charge on any atom is 0.331 e. The Morgan fingerprint density at radius 2 is 1.61 bits per heavy atom. The van der Waals surface area contributed by atoms with Crippen molar-refractivity contribution >= 4 is 12.0 Å². The molecule has 2 heteroatoms. The molecular formula is C21H24O2. The molecule has 0 amide bonds. The second-order valence-corrected chi connectivity index (χ2v) is 6.80. The summed E-state index contributed by atoms with van der Waals surface area (Å²) in [7, 11) is 0. The molecule has 0 aliphatic heterocycles. The van der Waals surface area contributed by atoms with Crippen molar-refractivity contribution in [1.29, 1.82) is 0 Å². The molecule has 2 aromatic carbocycles. The van der Waals surface area contributed by atoms with Gasteiger partial charge in [0.15, 0.2) is 0 Å². The Bertz CT molecular complexity index is 671. The van der Waals surface area contributed by atoms with Gasteiger partial charge in [0.05, 0.1) is 0 Å². The second kappa shape index (κ2) is 7.28. The van der Waals surface area contributed by atoms with Gasteiger partial charge in [0, 0.05) is 6.08 Å². The van der Waals surface area contributed by atoms with E-state index < -0.39 is 0 Å². The molecule has 2 nitrogen and oxygen atoms in total. The Kier molecular flexibility index (Phi) is 5.38. The van der Waals surface area contributed by atoms with E-state index in [2.05, 4.69) is 32.9 Å². The van der Waals surface area contributed by atoms with E-state index in [4.69, 9.17) is 4.74 Å². The molecule has 0 aliphatic carbocycles. The van der Waals surface area contributed by atoms with Gasteiger partial charge in [0.25, 0.3) is 0 Å².